The first-order chi connectivity index (χ1) is 7.20. The van der Waals surface area contributed by atoms with Gasteiger partial charge in [-0.1, -0.05) is 13.3 Å². The number of aromatic nitrogens is 1. The van der Waals surface area contributed by atoms with Crippen LogP contribution in [-0.2, 0) is 0 Å². The molecule has 4 heteroatoms. The summed E-state index contributed by atoms with van der Waals surface area (Å²) < 4.78 is 5.06. The van der Waals surface area contributed by atoms with Gasteiger partial charge in [0.15, 0.2) is 0 Å². The predicted octanol–water partition coefficient (Wildman–Crippen LogP) is 1.28. The Hall–Kier alpha value is -1.13. The molecule has 0 spiro atoms. The van der Waals surface area contributed by atoms with Gasteiger partial charge in [0.25, 0.3) is 0 Å². The number of hydrogen-bond donors (Lipinski definition) is 2. The molecule has 1 heterocycles. The van der Waals surface area contributed by atoms with Crippen LogP contribution in [0, 0.1) is 0 Å². The van der Waals surface area contributed by atoms with E-state index in [1.54, 1.807) is 18.3 Å². The van der Waals surface area contributed by atoms with Crippen LogP contribution in [0.3, 0.4) is 0 Å². The van der Waals surface area contributed by atoms with Crippen LogP contribution < -0.4 is 4.74 Å². The first kappa shape index (κ1) is 11.9. The Bertz CT molecular complexity index is 304. The van der Waals surface area contributed by atoms with Crippen LogP contribution in [0.15, 0.2) is 18.3 Å². The fourth-order valence-electron chi connectivity index (χ4n) is 1.43. The standard InChI is InChI=1S/C11H17NO3/c1-3-5-8(13)11(14)10-9(15-2)6-4-7-12-10/h4,6-8,11,13-14H,3,5H2,1-2H3. The minimum atomic E-state index is -0.985. The maximum Gasteiger partial charge on any atom is 0.143 e. The minimum Gasteiger partial charge on any atom is -0.495 e. The lowest BCUT2D eigenvalue weighted by molar-refractivity contribution is 0.00918. The van der Waals surface area contributed by atoms with Crippen molar-refractivity contribution >= 4 is 0 Å². The topological polar surface area (TPSA) is 62.6 Å². The van der Waals surface area contributed by atoms with E-state index in [0.717, 1.165) is 6.42 Å². The Morgan fingerprint density at radius 2 is 2.20 bits per heavy atom. The van der Waals surface area contributed by atoms with E-state index in [-0.39, 0.29) is 0 Å². The van der Waals surface area contributed by atoms with Crippen LogP contribution >= 0.6 is 0 Å². The fraction of sp³-hybridized carbons (Fsp3) is 0.545. The van der Waals surface area contributed by atoms with Crippen LogP contribution in [0.4, 0.5) is 0 Å². The van der Waals surface area contributed by atoms with Crippen molar-refractivity contribution in [2.75, 3.05) is 7.11 Å². The van der Waals surface area contributed by atoms with Gasteiger partial charge in [-0.2, -0.15) is 0 Å². The number of nitrogens with zero attached hydrogens (tertiary/aromatic N) is 1. The first-order valence-corrected chi connectivity index (χ1v) is 5.05. The highest BCUT2D eigenvalue weighted by Gasteiger charge is 2.21. The van der Waals surface area contributed by atoms with Crippen LogP contribution in [0.5, 0.6) is 5.75 Å². The average Bonchev–Trinajstić information content (AvgIpc) is 2.28. The number of methoxy groups -OCH3 is 1. The molecule has 1 rings (SSSR count). The minimum absolute atomic E-state index is 0.390. The number of pyridine rings is 1. The van der Waals surface area contributed by atoms with Crippen molar-refractivity contribution in [1.82, 2.24) is 4.98 Å². The predicted molar refractivity (Wildman–Crippen MR) is 56.7 cm³/mol. The van der Waals surface area contributed by atoms with Crippen molar-refractivity contribution in [3.8, 4) is 5.75 Å². The monoisotopic (exact) mass is 211 g/mol. The molecule has 2 unspecified atom stereocenters. The van der Waals surface area contributed by atoms with Crippen molar-refractivity contribution < 1.29 is 14.9 Å². The second-order valence-electron chi connectivity index (χ2n) is 3.39. The molecule has 2 atom stereocenters. The van der Waals surface area contributed by atoms with Gasteiger partial charge in [-0.25, -0.2) is 0 Å². The van der Waals surface area contributed by atoms with E-state index in [1.807, 2.05) is 6.92 Å². The number of rotatable bonds is 5. The summed E-state index contributed by atoms with van der Waals surface area (Å²) in [7, 11) is 1.51. The van der Waals surface area contributed by atoms with Crippen molar-refractivity contribution in [2.45, 2.75) is 32.0 Å². The van der Waals surface area contributed by atoms with E-state index in [2.05, 4.69) is 4.98 Å². The molecule has 0 aliphatic heterocycles. The summed E-state index contributed by atoms with van der Waals surface area (Å²) in [6.07, 6.45) is 1.15. The maximum atomic E-state index is 9.84. The Balaban J connectivity index is 2.84. The summed E-state index contributed by atoms with van der Waals surface area (Å²) in [5.74, 6) is 0.500. The van der Waals surface area contributed by atoms with E-state index in [4.69, 9.17) is 4.74 Å². The molecule has 0 aliphatic carbocycles. The quantitative estimate of drug-likeness (QED) is 0.770. The Morgan fingerprint density at radius 1 is 1.47 bits per heavy atom. The van der Waals surface area contributed by atoms with Crippen molar-refractivity contribution in [2.24, 2.45) is 0 Å². The smallest absolute Gasteiger partial charge is 0.143 e. The molecule has 1 aromatic rings. The molecule has 2 N–H and O–H groups in total. The molecule has 0 aromatic carbocycles. The molecule has 15 heavy (non-hydrogen) atoms. The highest BCUT2D eigenvalue weighted by atomic mass is 16.5. The van der Waals surface area contributed by atoms with Gasteiger partial charge < -0.3 is 14.9 Å². The second-order valence-corrected chi connectivity index (χ2v) is 3.39. The molecule has 0 aliphatic rings. The molecule has 4 nitrogen and oxygen atoms in total. The average molecular weight is 211 g/mol. The normalized spacial score (nSPS) is 14.7. The van der Waals surface area contributed by atoms with Gasteiger partial charge in [0.05, 0.1) is 13.2 Å². The van der Waals surface area contributed by atoms with Crippen LogP contribution in [0.2, 0.25) is 0 Å². The van der Waals surface area contributed by atoms with E-state index < -0.39 is 12.2 Å². The number of aliphatic hydroxyl groups excluding tert-OH is 2. The third-order valence-corrected chi connectivity index (χ3v) is 2.25. The Kier molecular flexibility index (Phi) is 4.52. The molecule has 0 bridgehead atoms. The third-order valence-electron chi connectivity index (χ3n) is 2.25. The van der Waals surface area contributed by atoms with Crippen LogP contribution in [0.1, 0.15) is 31.6 Å². The molecule has 84 valence electrons. The van der Waals surface area contributed by atoms with Crippen molar-refractivity contribution in [3.05, 3.63) is 24.0 Å². The Labute approximate surface area is 89.5 Å². The van der Waals surface area contributed by atoms with E-state index in [9.17, 15) is 10.2 Å². The van der Waals surface area contributed by atoms with Gasteiger partial charge in [-0.15, -0.1) is 0 Å². The van der Waals surface area contributed by atoms with Crippen LogP contribution in [-0.4, -0.2) is 28.4 Å². The summed E-state index contributed by atoms with van der Waals surface area (Å²) in [6.45, 7) is 1.95. The molecule has 0 fully saturated rings. The van der Waals surface area contributed by atoms with Gasteiger partial charge >= 0.3 is 0 Å². The lowest BCUT2D eigenvalue weighted by Gasteiger charge is -2.18. The summed E-state index contributed by atoms with van der Waals surface area (Å²) in [5.41, 5.74) is 0.390. The van der Waals surface area contributed by atoms with Gasteiger partial charge in [-0.05, 0) is 18.6 Å². The van der Waals surface area contributed by atoms with Crippen LogP contribution in [0.25, 0.3) is 0 Å². The zero-order valence-corrected chi connectivity index (χ0v) is 9.05. The molecule has 0 saturated heterocycles. The summed E-state index contributed by atoms with van der Waals surface area (Å²) in [4.78, 5) is 4.02. The van der Waals surface area contributed by atoms with E-state index in [1.165, 1.54) is 7.11 Å². The summed E-state index contributed by atoms with van der Waals surface area (Å²) >= 11 is 0. The summed E-state index contributed by atoms with van der Waals surface area (Å²) in [5, 5.41) is 19.5. The van der Waals surface area contributed by atoms with Crippen molar-refractivity contribution in [3.63, 3.8) is 0 Å². The first-order valence-electron chi connectivity index (χ1n) is 5.05. The van der Waals surface area contributed by atoms with E-state index in [0.29, 0.717) is 17.9 Å². The SMILES string of the molecule is CCCC(O)C(O)c1ncccc1OC. The van der Waals surface area contributed by atoms with Gasteiger partial charge in [-0.3, -0.25) is 4.98 Å². The summed E-state index contributed by atoms with van der Waals surface area (Å²) in [6, 6.07) is 3.44. The molecule has 0 radical (unpaired) electrons. The van der Waals surface area contributed by atoms with Gasteiger partial charge in [0, 0.05) is 6.20 Å². The lowest BCUT2D eigenvalue weighted by Crippen LogP contribution is -2.19. The fourth-order valence-corrected chi connectivity index (χ4v) is 1.43. The number of ether oxygens (including phenoxy) is 1. The highest BCUT2D eigenvalue weighted by Crippen LogP contribution is 2.26. The highest BCUT2D eigenvalue weighted by molar-refractivity contribution is 5.29. The molecule has 0 amide bonds. The third kappa shape index (κ3) is 2.91. The molecular formula is C11H17NO3. The lowest BCUT2D eigenvalue weighted by atomic mass is 10.1. The zero-order valence-electron chi connectivity index (χ0n) is 9.05. The second kappa shape index (κ2) is 5.68. The van der Waals surface area contributed by atoms with Crippen molar-refractivity contribution in [1.29, 1.82) is 0 Å². The number of aliphatic hydroxyl groups is 2. The Morgan fingerprint density at radius 3 is 2.80 bits per heavy atom. The number of hydrogen-bond acceptors (Lipinski definition) is 4. The molecule has 0 saturated carbocycles. The molecular weight excluding hydrogens is 194 g/mol. The zero-order chi connectivity index (χ0) is 11.3. The molecule has 1 aromatic heterocycles. The van der Waals surface area contributed by atoms with E-state index >= 15 is 0 Å². The van der Waals surface area contributed by atoms with Gasteiger partial charge in [0.2, 0.25) is 0 Å². The van der Waals surface area contributed by atoms with Gasteiger partial charge in [0.1, 0.15) is 17.5 Å². The largest absolute Gasteiger partial charge is 0.495 e. The maximum absolute atomic E-state index is 9.84.